The average molecular weight is 617 g/mol. The summed E-state index contributed by atoms with van der Waals surface area (Å²) < 4.78 is 140. The van der Waals surface area contributed by atoms with Crippen LogP contribution < -0.4 is 0 Å². The monoisotopic (exact) mass is 616 g/mol. The van der Waals surface area contributed by atoms with Crippen molar-refractivity contribution in [3.8, 4) is 56.4 Å². The molecule has 9 aromatic rings. The maximum Gasteiger partial charge on any atom is 0.164 e. The normalized spacial score (nSPS) is 15.9. The number of nitrogens with zero attached hydrogens (tertiary/aromatic N) is 3. The fourth-order valence-electron chi connectivity index (χ4n) is 5.38. The van der Waals surface area contributed by atoms with Crippen LogP contribution in [0.15, 0.2) is 168 Å². The minimum atomic E-state index is -0.748. The summed E-state index contributed by atoms with van der Waals surface area (Å²) >= 11 is 0. The van der Waals surface area contributed by atoms with Gasteiger partial charge in [0.25, 0.3) is 0 Å². The largest absolute Gasteiger partial charge is 0.456 e. The number of rotatable bonds is 5. The third kappa shape index (κ3) is 4.93. The van der Waals surface area contributed by atoms with Crippen molar-refractivity contribution in [2.24, 2.45) is 0 Å². The molecule has 0 radical (unpaired) electrons. The highest BCUT2D eigenvalue weighted by Gasteiger charge is 2.16. The van der Waals surface area contributed by atoms with Crippen LogP contribution in [0.5, 0.6) is 0 Å². The van der Waals surface area contributed by atoms with Gasteiger partial charge in [-0.15, -0.1) is 0 Å². The van der Waals surface area contributed by atoms with Crippen LogP contribution in [0, 0.1) is 0 Å². The molecule has 7 aromatic carbocycles. The zero-order valence-corrected chi connectivity index (χ0v) is 24.2. The lowest BCUT2D eigenvalue weighted by atomic mass is 9.97. The zero-order chi connectivity index (χ0) is 44.2. The number of para-hydroxylation sites is 1. The summed E-state index contributed by atoms with van der Waals surface area (Å²) in [4.78, 5) is 13.3. The van der Waals surface area contributed by atoms with E-state index in [0.717, 1.165) is 0 Å². The van der Waals surface area contributed by atoms with Gasteiger partial charge in [-0.3, -0.25) is 0 Å². The quantitative estimate of drug-likeness (QED) is 0.193. The van der Waals surface area contributed by atoms with Crippen LogP contribution >= 0.6 is 0 Å². The topological polar surface area (TPSA) is 51.8 Å². The number of benzene rings is 7. The Bertz CT molecular complexity index is 3400. The highest BCUT2D eigenvalue weighted by Crippen LogP contribution is 2.38. The van der Waals surface area contributed by atoms with Crippen LogP contribution in [-0.2, 0) is 0 Å². The molecule has 2 aromatic heterocycles. The van der Waals surface area contributed by atoms with Crippen LogP contribution in [-0.4, -0.2) is 15.0 Å². The predicted molar refractivity (Wildman–Crippen MR) is 192 cm³/mol. The molecule has 0 aliphatic rings. The van der Waals surface area contributed by atoms with Gasteiger partial charge >= 0.3 is 0 Å². The minimum Gasteiger partial charge on any atom is -0.456 e. The van der Waals surface area contributed by atoms with Crippen molar-refractivity contribution in [1.29, 1.82) is 0 Å². The van der Waals surface area contributed by atoms with E-state index in [9.17, 15) is 4.11 Å². The molecule has 220 valence electrons. The molecule has 0 atom stereocenters. The second-order valence-electron chi connectivity index (χ2n) is 10.4. The Morgan fingerprint density at radius 1 is 0.426 bits per heavy atom. The van der Waals surface area contributed by atoms with E-state index in [0.29, 0.717) is 33.1 Å². The van der Waals surface area contributed by atoms with Gasteiger partial charge in [-0.2, -0.15) is 0 Å². The summed E-state index contributed by atoms with van der Waals surface area (Å²) in [5.74, 6) is -1.77. The van der Waals surface area contributed by atoms with Gasteiger partial charge in [0.05, 0.1) is 20.6 Å². The third-order valence-corrected chi connectivity index (χ3v) is 7.54. The lowest BCUT2D eigenvalue weighted by molar-refractivity contribution is 0.669. The van der Waals surface area contributed by atoms with Crippen molar-refractivity contribution in [1.82, 2.24) is 15.0 Å². The maximum absolute atomic E-state index is 9.58. The van der Waals surface area contributed by atoms with Crippen LogP contribution in [0.4, 0.5) is 0 Å². The van der Waals surface area contributed by atoms with Gasteiger partial charge in [-0.1, -0.05) is 133 Å². The lowest BCUT2D eigenvalue weighted by Crippen LogP contribution is -2.00. The van der Waals surface area contributed by atoms with E-state index in [-0.39, 0.29) is 27.9 Å². The smallest absolute Gasteiger partial charge is 0.164 e. The molecule has 0 saturated carbocycles. The average Bonchev–Trinajstić information content (AvgIpc) is 3.65. The Morgan fingerprint density at radius 2 is 1.04 bits per heavy atom. The van der Waals surface area contributed by atoms with Crippen molar-refractivity contribution in [2.75, 3.05) is 0 Å². The summed E-state index contributed by atoms with van der Waals surface area (Å²) in [6, 6.07) is 11.1. The van der Waals surface area contributed by atoms with Crippen molar-refractivity contribution in [3.63, 3.8) is 0 Å². The van der Waals surface area contributed by atoms with Crippen LogP contribution in [0.3, 0.4) is 0 Å². The Morgan fingerprint density at radius 3 is 1.85 bits per heavy atom. The summed E-state index contributed by atoms with van der Waals surface area (Å²) in [6.07, 6.45) is 0. The Balaban J connectivity index is 1.39. The molecular weight excluding hydrogens is 574 g/mol. The van der Waals surface area contributed by atoms with Gasteiger partial charge in [-0.25, -0.2) is 15.0 Å². The van der Waals surface area contributed by atoms with Crippen molar-refractivity contribution >= 4 is 32.7 Å². The molecule has 0 spiro atoms. The van der Waals surface area contributed by atoms with E-state index in [2.05, 4.69) is 15.0 Å². The van der Waals surface area contributed by atoms with E-state index >= 15 is 0 Å². The van der Waals surface area contributed by atoms with E-state index in [1.807, 2.05) is 0 Å². The SMILES string of the molecule is [2H]c1c([2H])c([2H])c(-c2nc(-c3c([2H])c([2H])c([2H])c(-c4cccc5oc6ccccc6c45)c3[2H])nc(-c3c([2H])c([2H])c4c([2H])c(-c5ccccc5)c([2H])c([2H])c4c3[2H])n2)c([2H])c1[2H]. The summed E-state index contributed by atoms with van der Waals surface area (Å²) in [5, 5.41) is 0.557. The summed E-state index contributed by atoms with van der Waals surface area (Å²) in [6.45, 7) is 0. The zero-order valence-electron chi connectivity index (χ0n) is 39.2. The molecule has 0 saturated heterocycles. The fourth-order valence-corrected chi connectivity index (χ4v) is 5.38. The number of furan rings is 1. The second kappa shape index (κ2) is 11.2. The van der Waals surface area contributed by atoms with Crippen LogP contribution in [0.1, 0.15) is 20.6 Å². The number of fused-ring (bicyclic) bond motifs is 4. The number of aromatic nitrogens is 3. The predicted octanol–water partition coefficient (Wildman–Crippen LogP) is 11.3. The first-order valence-corrected chi connectivity index (χ1v) is 14.5. The van der Waals surface area contributed by atoms with Gasteiger partial charge in [0.2, 0.25) is 0 Å². The Kier molecular flexibility index (Phi) is 3.75. The van der Waals surface area contributed by atoms with E-state index in [1.54, 1.807) is 72.8 Å². The Labute approximate surface area is 292 Å². The third-order valence-electron chi connectivity index (χ3n) is 7.54. The van der Waals surface area contributed by atoms with Crippen molar-refractivity contribution < 1.29 is 25.0 Å². The van der Waals surface area contributed by atoms with Gasteiger partial charge in [0.1, 0.15) is 11.2 Å². The molecule has 4 nitrogen and oxygen atoms in total. The van der Waals surface area contributed by atoms with Crippen molar-refractivity contribution in [2.45, 2.75) is 0 Å². The first-order valence-electron chi connectivity index (χ1n) is 22.0. The minimum absolute atomic E-state index is 0.0129. The van der Waals surface area contributed by atoms with Crippen LogP contribution in [0.25, 0.3) is 89.1 Å². The molecule has 0 aliphatic carbocycles. The highest BCUT2D eigenvalue weighted by atomic mass is 16.3. The summed E-state index contributed by atoms with van der Waals surface area (Å²) in [7, 11) is 0. The molecule has 4 heteroatoms. The molecular formula is C43H27N3O. The molecule has 0 fully saturated rings. The van der Waals surface area contributed by atoms with Crippen LogP contribution in [0.2, 0.25) is 0 Å². The molecule has 0 bridgehead atoms. The molecule has 0 amide bonds. The Hall–Kier alpha value is -6.39. The molecule has 47 heavy (non-hydrogen) atoms. The second-order valence-corrected chi connectivity index (χ2v) is 10.4. The number of hydrogen-bond donors (Lipinski definition) is 0. The maximum atomic E-state index is 9.58. The van der Waals surface area contributed by atoms with Gasteiger partial charge < -0.3 is 4.42 Å². The molecule has 9 rings (SSSR count). The van der Waals surface area contributed by atoms with Crippen molar-refractivity contribution in [3.05, 3.63) is 163 Å². The number of hydrogen-bond acceptors (Lipinski definition) is 4. The lowest BCUT2D eigenvalue weighted by Gasteiger charge is -2.11. The van der Waals surface area contributed by atoms with E-state index in [1.165, 1.54) is 0 Å². The first-order chi connectivity index (χ1) is 29.5. The highest BCUT2D eigenvalue weighted by molar-refractivity contribution is 6.12. The fraction of sp³-hybridized carbons (Fsp3) is 0. The van der Waals surface area contributed by atoms with Gasteiger partial charge in [0.15, 0.2) is 17.5 Å². The van der Waals surface area contributed by atoms with Gasteiger partial charge in [-0.05, 0) is 63.3 Å². The molecule has 0 aliphatic heterocycles. The molecule has 0 N–H and O–H groups in total. The molecule has 2 heterocycles. The van der Waals surface area contributed by atoms with E-state index < -0.39 is 119 Å². The first kappa shape index (κ1) is 15.7. The molecule has 0 unspecified atom stereocenters. The standard InChI is InChI=1S/C43H27N3O/c1-3-11-28(12-4-1)30-21-22-32-26-35(24-23-31(32)25-30)43-45-41(29-13-5-2-6-14-29)44-42(46-43)34-16-9-15-33(27-34)36-18-10-20-39-40(36)37-17-7-8-19-38(37)47-39/h1-27H/i2D,5D,6D,9D,13D,14D,15D,16D,21D,22D,23D,24D,25D,26D,27D. The van der Waals surface area contributed by atoms with E-state index in [4.69, 9.17) is 20.9 Å². The van der Waals surface area contributed by atoms with Gasteiger partial charge in [0, 0.05) is 27.5 Å². The summed E-state index contributed by atoms with van der Waals surface area (Å²) in [5.41, 5.74) is 0.0571.